The van der Waals surface area contributed by atoms with E-state index in [0.29, 0.717) is 11.3 Å². The Morgan fingerprint density at radius 1 is 1.12 bits per heavy atom. The highest BCUT2D eigenvalue weighted by Crippen LogP contribution is 2.36. The molecule has 2 aromatic carbocycles. The largest absolute Gasteiger partial charge is 0.502 e. The first kappa shape index (κ1) is 15.8. The number of hydrogen-bond donors (Lipinski definition) is 1. The molecular formula is C16H10N2O5S. The molecule has 0 bridgehead atoms. The number of carbonyl (C=O) groups excluding carboxylic acids is 2. The number of phenolic OH excluding ortho intramolecular Hbond substituents is 1. The molecule has 1 heterocycles. The summed E-state index contributed by atoms with van der Waals surface area (Å²) in [4.78, 5) is 35.9. The lowest BCUT2D eigenvalue weighted by molar-refractivity contribution is -0.385. The van der Waals surface area contributed by atoms with Crippen LogP contribution in [0.1, 0.15) is 5.56 Å². The molecule has 1 fully saturated rings. The molecule has 7 nitrogen and oxygen atoms in total. The van der Waals surface area contributed by atoms with Gasteiger partial charge in [-0.25, -0.2) is 4.90 Å². The van der Waals surface area contributed by atoms with Crippen LogP contribution >= 0.6 is 11.8 Å². The number of carbonyl (C=O) groups is 2. The Hall–Kier alpha value is -3.13. The van der Waals surface area contributed by atoms with Gasteiger partial charge in [-0.05, 0) is 41.6 Å². The summed E-state index contributed by atoms with van der Waals surface area (Å²) in [5.74, 6) is -0.957. The lowest BCUT2D eigenvalue weighted by Crippen LogP contribution is -2.27. The zero-order valence-electron chi connectivity index (χ0n) is 12.1. The zero-order valence-corrected chi connectivity index (χ0v) is 12.9. The van der Waals surface area contributed by atoms with Crippen molar-refractivity contribution >= 4 is 40.4 Å². The van der Waals surface area contributed by atoms with E-state index in [-0.39, 0.29) is 4.91 Å². The van der Waals surface area contributed by atoms with Crippen molar-refractivity contribution in [3.05, 3.63) is 69.1 Å². The Balaban J connectivity index is 1.95. The summed E-state index contributed by atoms with van der Waals surface area (Å²) >= 11 is 0.756. The number of phenols is 1. The van der Waals surface area contributed by atoms with E-state index in [2.05, 4.69) is 0 Å². The van der Waals surface area contributed by atoms with E-state index in [1.54, 1.807) is 30.3 Å². The van der Waals surface area contributed by atoms with Crippen LogP contribution in [-0.2, 0) is 4.79 Å². The summed E-state index contributed by atoms with van der Waals surface area (Å²) in [5.41, 5.74) is 0.337. The van der Waals surface area contributed by atoms with Crippen LogP contribution in [0.5, 0.6) is 5.75 Å². The average molecular weight is 342 g/mol. The number of nitro groups is 1. The van der Waals surface area contributed by atoms with Crippen LogP contribution in [0.15, 0.2) is 53.4 Å². The fraction of sp³-hybridized carbons (Fsp3) is 0. The SMILES string of the molecule is O=C1SC(=Cc2ccc(O)c([N+](=O)[O-])c2)C(=O)N1c1ccccc1. The number of benzene rings is 2. The van der Waals surface area contributed by atoms with E-state index in [1.807, 2.05) is 0 Å². The second kappa shape index (κ2) is 6.17. The van der Waals surface area contributed by atoms with Crippen molar-refractivity contribution < 1.29 is 19.6 Å². The third-order valence-corrected chi connectivity index (χ3v) is 4.17. The van der Waals surface area contributed by atoms with Crippen LogP contribution < -0.4 is 4.90 Å². The lowest BCUT2D eigenvalue weighted by atomic mass is 10.1. The van der Waals surface area contributed by atoms with Crippen molar-refractivity contribution in [3.63, 3.8) is 0 Å². The van der Waals surface area contributed by atoms with Gasteiger partial charge in [0.15, 0.2) is 5.75 Å². The van der Waals surface area contributed by atoms with Crippen molar-refractivity contribution in [2.75, 3.05) is 4.90 Å². The number of para-hydroxylation sites is 1. The number of amides is 2. The molecule has 0 aliphatic carbocycles. The smallest absolute Gasteiger partial charge is 0.311 e. The summed E-state index contributed by atoms with van der Waals surface area (Å²) < 4.78 is 0. The van der Waals surface area contributed by atoms with Crippen LogP contribution in [0.3, 0.4) is 0 Å². The van der Waals surface area contributed by atoms with Crippen LogP contribution in [0.2, 0.25) is 0 Å². The molecule has 0 spiro atoms. The molecule has 1 aliphatic heterocycles. The first-order valence-electron chi connectivity index (χ1n) is 6.78. The molecule has 24 heavy (non-hydrogen) atoms. The van der Waals surface area contributed by atoms with E-state index < -0.39 is 27.5 Å². The van der Waals surface area contributed by atoms with Gasteiger partial charge in [0.2, 0.25) is 0 Å². The van der Waals surface area contributed by atoms with Gasteiger partial charge in [0, 0.05) is 6.07 Å². The van der Waals surface area contributed by atoms with E-state index in [9.17, 15) is 24.8 Å². The second-order valence-corrected chi connectivity index (χ2v) is 5.85. The van der Waals surface area contributed by atoms with E-state index >= 15 is 0 Å². The standard InChI is InChI=1S/C16H10N2O5S/c19-13-7-6-10(8-12(13)18(22)23)9-14-15(20)17(16(21)24-14)11-4-2-1-3-5-11/h1-9,19H. The zero-order chi connectivity index (χ0) is 17.3. The Bertz CT molecular complexity index is 879. The van der Waals surface area contributed by atoms with E-state index in [4.69, 9.17) is 0 Å². The van der Waals surface area contributed by atoms with Gasteiger partial charge in [-0.3, -0.25) is 19.7 Å². The van der Waals surface area contributed by atoms with Crippen LogP contribution in [0.25, 0.3) is 6.08 Å². The second-order valence-electron chi connectivity index (χ2n) is 4.86. The topological polar surface area (TPSA) is 101 Å². The summed E-state index contributed by atoms with van der Waals surface area (Å²) in [6.45, 7) is 0. The average Bonchev–Trinajstić information content (AvgIpc) is 2.83. The van der Waals surface area contributed by atoms with E-state index in [0.717, 1.165) is 22.7 Å². The van der Waals surface area contributed by atoms with Gasteiger partial charge >= 0.3 is 5.69 Å². The molecule has 0 atom stereocenters. The maximum absolute atomic E-state index is 12.4. The Morgan fingerprint density at radius 2 is 1.83 bits per heavy atom. The number of nitrogens with zero attached hydrogens (tertiary/aromatic N) is 2. The first-order chi connectivity index (χ1) is 11.5. The monoisotopic (exact) mass is 342 g/mol. The van der Waals surface area contributed by atoms with E-state index in [1.165, 1.54) is 18.2 Å². The Labute approximate surface area is 140 Å². The molecule has 1 saturated heterocycles. The summed E-state index contributed by atoms with van der Waals surface area (Å²) in [7, 11) is 0. The molecule has 120 valence electrons. The van der Waals surface area contributed by atoms with Gasteiger partial charge in [0.25, 0.3) is 11.1 Å². The van der Waals surface area contributed by atoms with Gasteiger partial charge in [-0.1, -0.05) is 24.3 Å². The number of anilines is 1. The molecule has 8 heteroatoms. The third kappa shape index (κ3) is 2.86. The van der Waals surface area contributed by atoms with Crippen molar-refractivity contribution in [1.82, 2.24) is 0 Å². The molecule has 2 aromatic rings. The third-order valence-electron chi connectivity index (χ3n) is 3.30. The Kier molecular flexibility index (Phi) is 4.05. The van der Waals surface area contributed by atoms with Crippen molar-refractivity contribution in [2.45, 2.75) is 0 Å². The van der Waals surface area contributed by atoms with Gasteiger partial charge in [0.05, 0.1) is 15.5 Å². The molecule has 0 aromatic heterocycles. The molecule has 1 aliphatic rings. The normalized spacial score (nSPS) is 16.0. The number of nitro benzene ring substituents is 1. The predicted molar refractivity (Wildman–Crippen MR) is 89.7 cm³/mol. The molecular weight excluding hydrogens is 332 g/mol. The highest BCUT2D eigenvalue weighted by molar-refractivity contribution is 8.19. The number of hydrogen-bond acceptors (Lipinski definition) is 6. The maximum atomic E-state index is 12.4. The highest BCUT2D eigenvalue weighted by atomic mass is 32.2. The number of imide groups is 1. The highest BCUT2D eigenvalue weighted by Gasteiger charge is 2.36. The number of rotatable bonds is 3. The minimum absolute atomic E-state index is 0.156. The maximum Gasteiger partial charge on any atom is 0.311 e. The molecule has 2 amide bonds. The van der Waals surface area contributed by atoms with Gasteiger partial charge < -0.3 is 5.11 Å². The number of aromatic hydroxyl groups is 1. The van der Waals surface area contributed by atoms with Crippen molar-refractivity contribution in [3.8, 4) is 5.75 Å². The van der Waals surface area contributed by atoms with Crippen LogP contribution in [-0.4, -0.2) is 21.2 Å². The van der Waals surface area contributed by atoms with Crippen LogP contribution in [0.4, 0.5) is 16.2 Å². The summed E-state index contributed by atoms with van der Waals surface area (Å²) in [6, 6.07) is 12.2. The summed E-state index contributed by atoms with van der Waals surface area (Å²) in [5, 5.41) is 19.9. The predicted octanol–water partition coefficient (Wildman–Crippen LogP) is 3.54. The minimum Gasteiger partial charge on any atom is -0.502 e. The lowest BCUT2D eigenvalue weighted by Gasteiger charge is -2.11. The minimum atomic E-state index is -0.720. The quantitative estimate of drug-likeness (QED) is 0.520. The Morgan fingerprint density at radius 3 is 2.50 bits per heavy atom. The van der Waals surface area contributed by atoms with Gasteiger partial charge in [0.1, 0.15) is 0 Å². The molecule has 0 saturated carbocycles. The first-order valence-corrected chi connectivity index (χ1v) is 7.59. The molecule has 3 rings (SSSR count). The van der Waals surface area contributed by atoms with Crippen LogP contribution in [0, 0.1) is 10.1 Å². The molecule has 1 N–H and O–H groups in total. The van der Waals surface area contributed by atoms with Gasteiger partial charge in [-0.2, -0.15) is 0 Å². The molecule has 0 unspecified atom stereocenters. The van der Waals surface area contributed by atoms with Gasteiger partial charge in [-0.15, -0.1) is 0 Å². The fourth-order valence-electron chi connectivity index (χ4n) is 2.20. The summed E-state index contributed by atoms with van der Waals surface area (Å²) in [6.07, 6.45) is 1.39. The molecule has 0 radical (unpaired) electrons. The number of thioether (sulfide) groups is 1. The van der Waals surface area contributed by atoms with Crippen molar-refractivity contribution in [2.24, 2.45) is 0 Å². The fourth-order valence-corrected chi connectivity index (χ4v) is 3.04. The van der Waals surface area contributed by atoms with Crippen molar-refractivity contribution in [1.29, 1.82) is 0 Å².